The Morgan fingerprint density at radius 3 is 2.87 bits per heavy atom. The van der Waals surface area contributed by atoms with Crippen LogP contribution in [-0.2, 0) is 4.79 Å². The molecular formula is C9H12ClN3OS. The lowest BCUT2D eigenvalue weighted by Crippen LogP contribution is -2.47. The van der Waals surface area contributed by atoms with Gasteiger partial charge in [-0.05, 0) is 37.9 Å². The Morgan fingerprint density at radius 2 is 2.33 bits per heavy atom. The van der Waals surface area contributed by atoms with Gasteiger partial charge in [-0.3, -0.25) is 4.79 Å². The molecule has 4 nitrogen and oxygen atoms in total. The standard InChI is InChI=1S/C9H12ClN3OS/c1-9(2,8(11)14)13-15-6-4-3-5-12-7(6)10/h3-5,13H,1-2H3,(H2,11,14). The molecule has 6 heteroatoms. The predicted octanol–water partition coefficient (Wildman–Crippen LogP) is 1.60. The van der Waals surface area contributed by atoms with Crippen LogP contribution in [0.4, 0.5) is 0 Å². The molecule has 3 N–H and O–H groups in total. The Hall–Kier alpha value is -0.780. The molecule has 0 saturated heterocycles. The third-order valence-electron chi connectivity index (χ3n) is 1.76. The summed E-state index contributed by atoms with van der Waals surface area (Å²) in [6.45, 7) is 3.40. The highest BCUT2D eigenvalue weighted by molar-refractivity contribution is 7.97. The number of carbonyl (C=O) groups excluding carboxylic acids is 1. The molecule has 0 aliphatic heterocycles. The first-order valence-electron chi connectivity index (χ1n) is 4.28. The van der Waals surface area contributed by atoms with E-state index in [0.717, 1.165) is 4.90 Å². The van der Waals surface area contributed by atoms with Crippen LogP contribution < -0.4 is 10.5 Å². The molecule has 0 aliphatic rings. The van der Waals surface area contributed by atoms with Crippen molar-refractivity contribution in [2.75, 3.05) is 0 Å². The van der Waals surface area contributed by atoms with E-state index in [-0.39, 0.29) is 0 Å². The molecule has 0 spiro atoms. The van der Waals surface area contributed by atoms with Gasteiger partial charge in [-0.25, -0.2) is 9.71 Å². The number of hydrogen-bond donors (Lipinski definition) is 2. The summed E-state index contributed by atoms with van der Waals surface area (Å²) in [5, 5.41) is 0.398. The maximum atomic E-state index is 11.0. The second-order valence-corrected chi connectivity index (χ2v) is 4.69. The van der Waals surface area contributed by atoms with Gasteiger partial charge in [0.15, 0.2) is 0 Å². The maximum Gasteiger partial charge on any atom is 0.237 e. The van der Waals surface area contributed by atoms with Crippen molar-refractivity contribution in [2.24, 2.45) is 5.73 Å². The zero-order valence-electron chi connectivity index (χ0n) is 8.45. The molecule has 82 valence electrons. The van der Waals surface area contributed by atoms with E-state index in [1.165, 1.54) is 11.9 Å². The van der Waals surface area contributed by atoms with E-state index in [2.05, 4.69) is 9.71 Å². The minimum Gasteiger partial charge on any atom is -0.368 e. The number of primary amides is 1. The number of nitrogens with one attached hydrogen (secondary N) is 1. The van der Waals surface area contributed by atoms with Crippen LogP contribution in [0.3, 0.4) is 0 Å². The van der Waals surface area contributed by atoms with Crippen LogP contribution in [0.25, 0.3) is 0 Å². The average Bonchev–Trinajstić information content (AvgIpc) is 2.16. The Labute approximate surface area is 97.7 Å². The van der Waals surface area contributed by atoms with Crippen molar-refractivity contribution in [3.05, 3.63) is 23.5 Å². The maximum absolute atomic E-state index is 11.0. The van der Waals surface area contributed by atoms with Gasteiger partial charge in [-0.2, -0.15) is 0 Å². The quantitative estimate of drug-likeness (QED) is 0.625. The second kappa shape index (κ2) is 4.83. The zero-order chi connectivity index (χ0) is 11.5. The van der Waals surface area contributed by atoms with Crippen LogP contribution in [0.1, 0.15) is 13.8 Å². The SMILES string of the molecule is CC(C)(NSc1cccnc1Cl)C(N)=O. The molecule has 1 aromatic rings. The van der Waals surface area contributed by atoms with Crippen molar-refractivity contribution >= 4 is 29.5 Å². The lowest BCUT2D eigenvalue weighted by molar-refractivity contribution is -0.122. The highest BCUT2D eigenvalue weighted by Crippen LogP contribution is 2.24. The number of hydrogen-bond acceptors (Lipinski definition) is 4. The summed E-state index contributed by atoms with van der Waals surface area (Å²) in [7, 11) is 0. The Bertz CT molecular complexity index is 370. The summed E-state index contributed by atoms with van der Waals surface area (Å²) in [6, 6.07) is 3.58. The normalized spacial score (nSPS) is 11.4. The van der Waals surface area contributed by atoms with Gasteiger partial charge in [0, 0.05) is 6.20 Å². The van der Waals surface area contributed by atoms with Crippen LogP contribution in [0.2, 0.25) is 5.15 Å². The first-order valence-corrected chi connectivity index (χ1v) is 5.47. The number of amides is 1. The molecule has 1 heterocycles. The van der Waals surface area contributed by atoms with E-state index in [0.29, 0.717) is 5.15 Å². The zero-order valence-corrected chi connectivity index (χ0v) is 10.0. The number of halogens is 1. The smallest absolute Gasteiger partial charge is 0.237 e. The molecule has 15 heavy (non-hydrogen) atoms. The number of carbonyl (C=O) groups is 1. The number of pyridine rings is 1. The fourth-order valence-corrected chi connectivity index (χ4v) is 1.66. The minimum absolute atomic E-state index is 0.398. The number of nitrogens with zero attached hydrogens (tertiary/aromatic N) is 1. The van der Waals surface area contributed by atoms with Crippen LogP contribution in [-0.4, -0.2) is 16.4 Å². The second-order valence-electron chi connectivity index (χ2n) is 3.49. The number of rotatable bonds is 4. The van der Waals surface area contributed by atoms with E-state index in [9.17, 15) is 4.79 Å². The van der Waals surface area contributed by atoms with Crippen LogP contribution in [0, 0.1) is 0 Å². The van der Waals surface area contributed by atoms with Gasteiger partial charge in [0.1, 0.15) is 10.7 Å². The summed E-state index contributed by atoms with van der Waals surface area (Å²) in [5.74, 6) is -0.421. The predicted molar refractivity (Wildman–Crippen MR) is 61.5 cm³/mol. The lowest BCUT2D eigenvalue weighted by atomic mass is 10.1. The monoisotopic (exact) mass is 245 g/mol. The van der Waals surface area contributed by atoms with Gasteiger partial charge in [0.05, 0.1) is 4.90 Å². The highest BCUT2D eigenvalue weighted by Gasteiger charge is 2.24. The molecule has 0 aliphatic carbocycles. The third kappa shape index (κ3) is 3.37. The van der Waals surface area contributed by atoms with Gasteiger partial charge in [-0.15, -0.1) is 0 Å². The molecule has 0 saturated carbocycles. The first-order chi connectivity index (χ1) is 6.93. The van der Waals surface area contributed by atoms with Crippen LogP contribution in [0.5, 0.6) is 0 Å². The molecular weight excluding hydrogens is 234 g/mol. The molecule has 1 amide bonds. The summed E-state index contributed by atoms with van der Waals surface area (Å²) in [4.78, 5) is 15.7. The fraction of sp³-hybridized carbons (Fsp3) is 0.333. The summed E-state index contributed by atoms with van der Waals surface area (Å²) >= 11 is 7.08. The molecule has 1 aromatic heterocycles. The highest BCUT2D eigenvalue weighted by atomic mass is 35.5. The van der Waals surface area contributed by atoms with Crippen LogP contribution in [0.15, 0.2) is 23.2 Å². The molecule has 0 radical (unpaired) electrons. The van der Waals surface area contributed by atoms with Crippen molar-refractivity contribution in [3.63, 3.8) is 0 Å². The van der Waals surface area contributed by atoms with Crippen molar-refractivity contribution in [3.8, 4) is 0 Å². The Kier molecular flexibility index (Phi) is 3.96. The van der Waals surface area contributed by atoms with E-state index in [4.69, 9.17) is 17.3 Å². The minimum atomic E-state index is -0.788. The molecule has 0 aromatic carbocycles. The third-order valence-corrected chi connectivity index (χ3v) is 3.33. The van der Waals surface area contributed by atoms with Crippen molar-refractivity contribution in [1.82, 2.24) is 9.71 Å². The van der Waals surface area contributed by atoms with Crippen molar-refractivity contribution in [2.45, 2.75) is 24.3 Å². The Morgan fingerprint density at radius 1 is 1.67 bits per heavy atom. The topological polar surface area (TPSA) is 68.0 Å². The summed E-state index contributed by atoms with van der Waals surface area (Å²) < 4.78 is 2.93. The molecule has 0 atom stereocenters. The molecule has 0 fully saturated rings. The van der Waals surface area contributed by atoms with E-state index in [1.54, 1.807) is 26.1 Å². The largest absolute Gasteiger partial charge is 0.368 e. The van der Waals surface area contributed by atoms with Gasteiger partial charge >= 0.3 is 0 Å². The average molecular weight is 246 g/mol. The number of aromatic nitrogens is 1. The lowest BCUT2D eigenvalue weighted by Gasteiger charge is -2.21. The van der Waals surface area contributed by atoms with Crippen molar-refractivity contribution in [1.29, 1.82) is 0 Å². The van der Waals surface area contributed by atoms with Crippen molar-refractivity contribution < 1.29 is 4.79 Å². The summed E-state index contributed by atoms with van der Waals surface area (Å²) in [5.41, 5.74) is 4.42. The fourth-order valence-electron chi connectivity index (χ4n) is 0.680. The van der Waals surface area contributed by atoms with Gasteiger partial charge in [0.25, 0.3) is 0 Å². The first kappa shape index (κ1) is 12.3. The van der Waals surface area contributed by atoms with Crippen LogP contribution >= 0.6 is 23.5 Å². The number of nitrogens with two attached hydrogens (primary N) is 1. The van der Waals surface area contributed by atoms with Gasteiger partial charge in [-0.1, -0.05) is 11.6 Å². The van der Waals surface area contributed by atoms with Gasteiger partial charge in [0.2, 0.25) is 5.91 Å². The molecule has 1 rings (SSSR count). The van der Waals surface area contributed by atoms with Gasteiger partial charge < -0.3 is 5.73 Å². The molecule has 0 unspecified atom stereocenters. The van der Waals surface area contributed by atoms with E-state index < -0.39 is 11.4 Å². The van der Waals surface area contributed by atoms with E-state index >= 15 is 0 Å². The molecule has 0 bridgehead atoms. The van der Waals surface area contributed by atoms with E-state index in [1.807, 2.05) is 6.07 Å². The summed E-state index contributed by atoms with van der Waals surface area (Å²) in [6.07, 6.45) is 1.60. The Balaban J connectivity index is 2.66.